The van der Waals surface area contributed by atoms with Gasteiger partial charge in [0, 0.05) is 48.7 Å². The van der Waals surface area contributed by atoms with Crippen LogP contribution in [-0.4, -0.2) is 63.3 Å². The molecule has 1 fully saturated rings. The van der Waals surface area contributed by atoms with Crippen LogP contribution in [0.1, 0.15) is 17.7 Å². The molecule has 0 bridgehead atoms. The number of hydrogen-bond donors (Lipinski definition) is 1. The van der Waals surface area contributed by atoms with Gasteiger partial charge in [0.25, 0.3) is 0 Å². The van der Waals surface area contributed by atoms with Gasteiger partial charge < -0.3 is 19.8 Å². The highest BCUT2D eigenvalue weighted by molar-refractivity contribution is 6.36. The predicted octanol–water partition coefficient (Wildman–Crippen LogP) is 3.32. The van der Waals surface area contributed by atoms with Crippen molar-refractivity contribution in [1.29, 1.82) is 5.26 Å². The number of pyridine rings is 1. The molecule has 0 spiro atoms. The minimum Gasteiger partial charge on any atom is -0.465 e. The first-order chi connectivity index (χ1) is 16.1. The molecule has 3 aromatic rings. The number of nitrogens with zero attached hydrogens (tertiary/aromatic N) is 7. The predicted molar refractivity (Wildman–Crippen MR) is 125 cm³/mol. The van der Waals surface area contributed by atoms with Gasteiger partial charge in [0.05, 0.1) is 47.7 Å². The second-order valence-corrected chi connectivity index (χ2v) is 8.64. The van der Waals surface area contributed by atoms with E-state index in [1.807, 2.05) is 30.6 Å². The molecule has 1 saturated heterocycles. The van der Waals surface area contributed by atoms with Gasteiger partial charge in [-0.2, -0.15) is 5.26 Å². The van der Waals surface area contributed by atoms with Gasteiger partial charge in [-0.15, -0.1) is 0 Å². The minimum absolute atomic E-state index is 0.151. The Morgan fingerprint density at radius 3 is 2.91 bits per heavy atom. The van der Waals surface area contributed by atoms with E-state index in [9.17, 15) is 9.90 Å². The molecule has 1 amide bonds. The number of hydrogen-bond acceptors (Lipinski definition) is 7. The summed E-state index contributed by atoms with van der Waals surface area (Å²) in [6, 6.07) is 7.55. The lowest BCUT2D eigenvalue weighted by atomic mass is 10.0. The highest BCUT2D eigenvalue weighted by atomic mass is 35.5. The first-order valence-electron chi connectivity index (χ1n) is 10.8. The van der Waals surface area contributed by atoms with E-state index in [-0.39, 0.29) is 12.5 Å². The van der Waals surface area contributed by atoms with Crippen molar-refractivity contribution < 1.29 is 9.90 Å². The molecule has 2 aromatic heterocycles. The number of carboxylic acid groups (broad SMARTS) is 1. The van der Waals surface area contributed by atoms with Gasteiger partial charge in [-0.05, 0) is 12.5 Å². The van der Waals surface area contributed by atoms with Gasteiger partial charge >= 0.3 is 6.09 Å². The van der Waals surface area contributed by atoms with Gasteiger partial charge in [-0.1, -0.05) is 23.7 Å². The lowest BCUT2D eigenvalue weighted by molar-refractivity contribution is 0.119. The van der Waals surface area contributed by atoms with Gasteiger partial charge in [-0.25, -0.2) is 14.8 Å². The summed E-state index contributed by atoms with van der Waals surface area (Å²) in [6.45, 7) is 2.68. The molecule has 4 heterocycles. The fraction of sp³-hybridized carbons (Fsp3) is 0.348. The largest absolute Gasteiger partial charge is 0.465 e. The van der Waals surface area contributed by atoms with Crippen LogP contribution in [0.3, 0.4) is 0 Å². The minimum atomic E-state index is -0.988. The van der Waals surface area contributed by atoms with Gasteiger partial charge in [-0.3, -0.25) is 4.98 Å². The lowest BCUT2D eigenvalue weighted by Crippen LogP contribution is -2.55. The zero-order valence-corrected chi connectivity index (χ0v) is 18.6. The summed E-state index contributed by atoms with van der Waals surface area (Å²) >= 11 is 6.53. The molecule has 10 heteroatoms. The Morgan fingerprint density at radius 2 is 2.09 bits per heavy atom. The van der Waals surface area contributed by atoms with E-state index in [1.54, 1.807) is 6.33 Å². The third-order valence-electron chi connectivity index (χ3n) is 6.39. The van der Waals surface area contributed by atoms with Crippen LogP contribution < -0.4 is 9.80 Å². The Balaban J connectivity index is 1.43. The molecule has 5 rings (SSSR count). The van der Waals surface area contributed by atoms with Crippen LogP contribution in [0.5, 0.6) is 0 Å². The topological polar surface area (TPSA) is 109 Å². The highest BCUT2D eigenvalue weighted by Crippen LogP contribution is 2.35. The van der Waals surface area contributed by atoms with Crippen LogP contribution >= 0.6 is 11.6 Å². The monoisotopic (exact) mass is 463 g/mol. The number of nitriles is 1. The maximum absolute atomic E-state index is 11.6. The Kier molecular flexibility index (Phi) is 5.60. The van der Waals surface area contributed by atoms with Crippen molar-refractivity contribution in [3.05, 3.63) is 53.2 Å². The van der Waals surface area contributed by atoms with Crippen molar-refractivity contribution in [2.45, 2.75) is 25.4 Å². The van der Waals surface area contributed by atoms with E-state index in [1.165, 1.54) is 4.90 Å². The molecule has 9 nitrogen and oxygen atoms in total. The molecule has 1 aromatic carbocycles. The SMILES string of the molecule is N#CC[C@H]1CN(c2ncnc3c2CCN(c2cncc4cccc(Cl)c24)C3)CCN1C(=O)O. The zero-order chi connectivity index (χ0) is 22.9. The zero-order valence-electron chi connectivity index (χ0n) is 17.9. The molecule has 1 atom stereocenters. The maximum Gasteiger partial charge on any atom is 0.407 e. The summed E-state index contributed by atoms with van der Waals surface area (Å²) in [5.74, 6) is 0.835. The van der Waals surface area contributed by atoms with Crippen LogP contribution in [0.2, 0.25) is 5.02 Å². The van der Waals surface area contributed by atoms with Crippen molar-refractivity contribution in [1.82, 2.24) is 19.9 Å². The van der Waals surface area contributed by atoms with Crippen molar-refractivity contribution >= 4 is 40.0 Å². The summed E-state index contributed by atoms with van der Waals surface area (Å²) in [4.78, 5) is 30.8. The number of amides is 1. The summed E-state index contributed by atoms with van der Waals surface area (Å²) in [7, 11) is 0. The molecular weight excluding hydrogens is 442 g/mol. The van der Waals surface area contributed by atoms with Gasteiger partial charge in [0.1, 0.15) is 12.1 Å². The lowest BCUT2D eigenvalue weighted by Gasteiger charge is -2.41. The molecule has 1 N–H and O–H groups in total. The van der Waals surface area contributed by atoms with Crippen molar-refractivity contribution in [2.24, 2.45) is 0 Å². The molecule has 0 saturated carbocycles. The van der Waals surface area contributed by atoms with Crippen molar-refractivity contribution in [3.8, 4) is 6.07 Å². The van der Waals surface area contributed by atoms with Crippen LogP contribution in [0, 0.1) is 11.3 Å². The molecule has 33 heavy (non-hydrogen) atoms. The first kappa shape index (κ1) is 21.2. The number of piperazine rings is 1. The van der Waals surface area contributed by atoms with Crippen LogP contribution in [0.15, 0.2) is 36.9 Å². The number of aromatic nitrogens is 3. The van der Waals surface area contributed by atoms with Gasteiger partial charge in [0.2, 0.25) is 0 Å². The van der Waals surface area contributed by atoms with Crippen LogP contribution in [0.25, 0.3) is 10.8 Å². The Bertz CT molecular complexity index is 1260. The smallest absolute Gasteiger partial charge is 0.407 e. The standard InChI is InChI=1S/C23H22ClN7O2/c24-18-3-1-2-15-10-26-11-20(21(15)18)29-7-5-17-19(13-29)27-14-28-22(17)30-8-9-31(23(32)33)16(12-30)4-6-25/h1-3,10-11,14,16H,4-5,7-9,12-13H2,(H,32,33)/t16-/m0/s1. The van der Waals surface area contributed by atoms with E-state index in [0.29, 0.717) is 31.2 Å². The molecule has 0 aliphatic carbocycles. The second kappa shape index (κ2) is 8.71. The van der Waals surface area contributed by atoms with E-state index in [0.717, 1.165) is 46.5 Å². The fourth-order valence-electron chi connectivity index (χ4n) is 4.81. The number of carbonyl (C=O) groups is 1. The average molecular weight is 464 g/mol. The molecule has 0 unspecified atom stereocenters. The molecule has 2 aliphatic rings. The Morgan fingerprint density at radius 1 is 1.21 bits per heavy atom. The van der Waals surface area contributed by atoms with Gasteiger partial charge in [0.15, 0.2) is 0 Å². The van der Waals surface area contributed by atoms with Crippen LogP contribution in [-0.2, 0) is 13.0 Å². The van der Waals surface area contributed by atoms with E-state index in [4.69, 9.17) is 16.9 Å². The summed E-state index contributed by atoms with van der Waals surface area (Å²) in [5, 5.41) is 21.3. The first-order valence-corrected chi connectivity index (χ1v) is 11.2. The van der Waals surface area contributed by atoms with Crippen molar-refractivity contribution in [2.75, 3.05) is 36.0 Å². The van der Waals surface area contributed by atoms with Crippen molar-refractivity contribution in [3.63, 3.8) is 0 Å². The Hall–Kier alpha value is -3.64. The number of fused-ring (bicyclic) bond motifs is 2. The number of anilines is 2. The second-order valence-electron chi connectivity index (χ2n) is 8.23. The third-order valence-corrected chi connectivity index (χ3v) is 6.71. The fourth-order valence-corrected chi connectivity index (χ4v) is 5.08. The molecule has 2 aliphatic heterocycles. The highest BCUT2D eigenvalue weighted by Gasteiger charge is 2.33. The third kappa shape index (κ3) is 3.87. The number of halogens is 1. The molecule has 168 valence electrons. The maximum atomic E-state index is 11.6. The van der Waals surface area contributed by atoms with E-state index >= 15 is 0 Å². The normalized spacial score (nSPS) is 18.2. The summed E-state index contributed by atoms with van der Waals surface area (Å²) < 4.78 is 0. The number of benzene rings is 1. The average Bonchev–Trinajstić information content (AvgIpc) is 2.83. The summed E-state index contributed by atoms with van der Waals surface area (Å²) in [5.41, 5.74) is 2.99. The van der Waals surface area contributed by atoms with E-state index < -0.39 is 6.09 Å². The Labute approximate surface area is 195 Å². The quantitative estimate of drug-likeness (QED) is 0.629. The molecular formula is C23H22ClN7O2. The van der Waals surface area contributed by atoms with E-state index in [2.05, 4.69) is 30.8 Å². The summed E-state index contributed by atoms with van der Waals surface area (Å²) in [6.07, 6.45) is 5.13. The molecule has 0 radical (unpaired) electrons. The number of rotatable bonds is 3. The van der Waals surface area contributed by atoms with Crippen LogP contribution in [0.4, 0.5) is 16.3 Å².